The molecule has 10 nitrogen and oxygen atoms in total. The van der Waals surface area contributed by atoms with Crippen LogP contribution in [0.1, 0.15) is 65.9 Å². The highest BCUT2D eigenvalue weighted by Gasteiger charge is 2.40. The Bertz CT molecular complexity index is 1570. The lowest BCUT2D eigenvalue weighted by Gasteiger charge is -2.39. The number of hydrogen-bond acceptors (Lipinski definition) is 6. The summed E-state index contributed by atoms with van der Waals surface area (Å²) in [6.45, 7) is 15.7. The molecule has 0 aliphatic heterocycles. The van der Waals surface area contributed by atoms with Crippen LogP contribution < -0.4 is 15.8 Å². The molecule has 0 saturated heterocycles. The number of rotatable bonds is 10. The lowest BCUT2D eigenvalue weighted by atomic mass is 10.1. The molecule has 0 aliphatic carbocycles. The van der Waals surface area contributed by atoms with Crippen molar-refractivity contribution >= 4 is 37.1 Å². The summed E-state index contributed by atoms with van der Waals surface area (Å²) in [5, 5.41) is 7.37. The molecule has 4 rings (SSSR count). The minimum Gasteiger partial charge on any atom is -0.494 e. The number of fused-ring (bicyclic) bond motifs is 1. The van der Waals surface area contributed by atoms with Crippen LogP contribution in [0.15, 0.2) is 48.5 Å². The van der Waals surface area contributed by atoms with Gasteiger partial charge in [-0.3, -0.25) is 19.6 Å². The van der Waals surface area contributed by atoms with E-state index >= 15 is 0 Å². The molecule has 41 heavy (non-hydrogen) atoms. The summed E-state index contributed by atoms with van der Waals surface area (Å²) < 4.78 is 16.2. The Morgan fingerprint density at radius 2 is 1.80 bits per heavy atom. The monoisotopic (exact) mass is 576 g/mol. The Balaban J connectivity index is 1.89. The molecule has 2 amide bonds. The number of nitrogens with zero attached hydrogens (tertiary/aromatic N) is 4. The molecule has 0 unspecified atom stereocenters. The Morgan fingerprint density at radius 3 is 2.39 bits per heavy atom. The molecular weight excluding hydrogens is 536 g/mol. The second-order valence-electron chi connectivity index (χ2n) is 11.7. The van der Waals surface area contributed by atoms with Crippen LogP contribution in [-0.2, 0) is 17.5 Å². The second-order valence-corrected chi connectivity index (χ2v) is 16.4. The Kier molecular flexibility index (Phi) is 8.41. The van der Waals surface area contributed by atoms with Gasteiger partial charge in [-0.05, 0) is 55.7 Å². The fraction of sp³-hybridized carbons (Fsp3) is 0.400. The molecule has 0 fully saturated rings. The average molecular weight is 577 g/mol. The van der Waals surface area contributed by atoms with Crippen LogP contribution in [0.4, 0.5) is 5.95 Å². The number of methoxy groups -OCH3 is 1. The molecule has 1 atom stereocenters. The number of anilines is 1. The van der Waals surface area contributed by atoms with Gasteiger partial charge >= 0.3 is 0 Å². The second kappa shape index (κ2) is 11.5. The maximum absolute atomic E-state index is 13.5. The van der Waals surface area contributed by atoms with Crippen LogP contribution in [-0.4, -0.2) is 46.6 Å². The van der Waals surface area contributed by atoms with E-state index in [4.69, 9.17) is 19.9 Å². The van der Waals surface area contributed by atoms with Gasteiger partial charge in [0.15, 0.2) is 8.32 Å². The summed E-state index contributed by atoms with van der Waals surface area (Å²) in [4.78, 5) is 30.4. The summed E-state index contributed by atoms with van der Waals surface area (Å²) in [6, 6.07) is 15.0. The maximum atomic E-state index is 13.5. The predicted octanol–water partition coefficient (Wildman–Crippen LogP) is 5.68. The van der Waals surface area contributed by atoms with E-state index < -0.39 is 14.2 Å². The third kappa shape index (κ3) is 6.20. The van der Waals surface area contributed by atoms with E-state index in [1.54, 1.807) is 22.9 Å². The summed E-state index contributed by atoms with van der Waals surface area (Å²) >= 11 is 0. The van der Waals surface area contributed by atoms with Gasteiger partial charge in [-0.1, -0.05) is 51.1 Å². The topological polar surface area (TPSA) is 126 Å². The fourth-order valence-electron chi connectivity index (χ4n) is 4.51. The quantitative estimate of drug-likeness (QED) is 0.234. The van der Waals surface area contributed by atoms with Crippen molar-refractivity contribution in [3.63, 3.8) is 0 Å². The highest BCUT2D eigenvalue weighted by molar-refractivity contribution is 6.74. The number of nitrogens with two attached hydrogens (primary N) is 1. The number of ether oxygens (including phenoxy) is 1. The number of primary amides is 1. The first kappa shape index (κ1) is 30.0. The number of aromatic nitrogens is 4. The van der Waals surface area contributed by atoms with Gasteiger partial charge in [0, 0.05) is 12.1 Å². The first-order chi connectivity index (χ1) is 19.3. The first-order valence-electron chi connectivity index (χ1n) is 13.7. The standard InChI is InChI=1S/C30H40N6O4Si/c1-9-36-23(15-19(2)34-36)28(38)33-29-32-22-16-21(27(31)37)17-24(39-6)26(22)35(29)18-25(20-13-11-10-12-14-20)40-41(7,8)30(3,4)5/h10-17,25H,9,18H2,1-8H3,(H2,31,37)(H,32,33,38)/t25-/m0/s1. The zero-order valence-electron chi connectivity index (χ0n) is 25.1. The van der Waals surface area contributed by atoms with Gasteiger partial charge in [-0.25, -0.2) is 4.98 Å². The minimum atomic E-state index is -2.23. The van der Waals surface area contributed by atoms with Gasteiger partial charge in [0.1, 0.15) is 17.0 Å². The molecule has 0 spiro atoms. The molecule has 2 heterocycles. The Labute approximate surface area is 242 Å². The molecule has 4 aromatic rings. The third-order valence-electron chi connectivity index (χ3n) is 7.73. The number of amides is 2. The number of imidazole rings is 1. The van der Waals surface area contributed by atoms with Crippen LogP contribution in [0.25, 0.3) is 11.0 Å². The van der Waals surface area contributed by atoms with Crippen LogP contribution in [0, 0.1) is 6.92 Å². The molecule has 0 radical (unpaired) electrons. The van der Waals surface area contributed by atoms with Crippen molar-refractivity contribution < 1.29 is 18.8 Å². The largest absolute Gasteiger partial charge is 0.494 e. The average Bonchev–Trinajstić information content (AvgIpc) is 3.46. The van der Waals surface area contributed by atoms with E-state index in [0.29, 0.717) is 41.5 Å². The normalized spacial score (nSPS) is 12.9. The smallest absolute Gasteiger partial charge is 0.276 e. The molecular formula is C30H40N6O4Si. The highest BCUT2D eigenvalue weighted by atomic mass is 28.4. The zero-order valence-corrected chi connectivity index (χ0v) is 26.1. The van der Waals surface area contributed by atoms with Gasteiger partial charge < -0.3 is 19.5 Å². The Hall–Kier alpha value is -3.96. The van der Waals surface area contributed by atoms with Gasteiger partial charge in [-0.15, -0.1) is 0 Å². The molecule has 0 aliphatic rings. The maximum Gasteiger partial charge on any atom is 0.276 e. The SMILES string of the molecule is CCn1nc(C)cc1C(=O)Nc1nc2cc(C(N)=O)cc(OC)c2n1C[C@H](O[Si](C)(C)C(C)(C)C)c1ccccc1. The van der Waals surface area contributed by atoms with Crippen molar-refractivity contribution in [3.05, 3.63) is 71.0 Å². The van der Waals surface area contributed by atoms with Crippen LogP contribution in [0.2, 0.25) is 18.1 Å². The van der Waals surface area contributed by atoms with Crippen molar-refractivity contribution in [2.45, 2.75) is 71.9 Å². The van der Waals surface area contributed by atoms with Crippen LogP contribution in [0.3, 0.4) is 0 Å². The lowest BCUT2D eigenvalue weighted by molar-refractivity contribution is 0.0995. The molecule has 3 N–H and O–H groups in total. The number of benzene rings is 2. The molecule has 0 bridgehead atoms. The van der Waals surface area contributed by atoms with Crippen molar-refractivity contribution in [1.29, 1.82) is 0 Å². The van der Waals surface area contributed by atoms with Crippen molar-refractivity contribution in [2.75, 3.05) is 12.4 Å². The number of carbonyl (C=O) groups is 2. The van der Waals surface area contributed by atoms with Crippen molar-refractivity contribution in [1.82, 2.24) is 19.3 Å². The zero-order chi connectivity index (χ0) is 30.1. The predicted molar refractivity (Wildman–Crippen MR) is 163 cm³/mol. The van der Waals surface area contributed by atoms with Gasteiger partial charge in [-0.2, -0.15) is 5.10 Å². The number of carbonyl (C=O) groups excluding carboxylic acids is 2. The van der Waals surface area contributed by atoms with E-state index in [1.807, 2.05) is 48.7 Å². The van der Waals surface area contributed by atoms with Gasteiger partial charge in [0.2, 0.25) is 11.9 Å². The molecule has 2 aromatic heterocycles. The highest BCUT2D eigenvalue weighted by Crippen LogP contribution is 2.41. The van der Waals surface area contributed by atoms with E-state index in [2.05, 4.69) is 44.3 Å². The summed E-state index contributed by atoms with van der Waals surface area (Å²) in [6.07, 6.45) is -0.353. The van der Waals surface area contributed by atoms with Gasteiger partial charge in [0.25, 0.3) is 5.91 Å². The number of aryl methyl sites for hydroxylation is 2. The molecule has 11 heteroatoms. The van der Waals surface area contributed by atoms with Crippen molar-refractivity contribution in [3.8, 4) is 5.75 Å². The summed E-state index contributed by atoms with van der Waals surface area (Å²) in [5.74, 6) is -0.236. The summed E-state index contributed by atoms with van der Waals surface area (Å²) in [7, 11) is -0.708. The van der Waals surface area contributed by atoms with Crippen LogP contribution >= 0.6 is 0 Å². The van der Waals surface area contributed by atoms with E-state index in [1.165, 1.54) is 7.11 Å². The molecule has 218 valence electrons. The number of nitrogens with one attached hydrogen (secondary N) is 1. The lowest BCUT2D eigenvalue weighted by Crippen LogP contribution is -2.42. The first-order valence-corrected chi connectivity index (χ1v) is 16.6. The van der Waals surface area contributed by atoms with Crippen LogP contribution in [0.5, 0.6) is 5.75 Å². The number of hydrogen-bond donors (Lipinski definition) is 2. The fourth-order valence-corrected chi connectivity index (χ4v) is 5.79. The van der Waals surface area contributed by atoms with Crippen molar-refractivity contribution in [2.24, 2.45) is 5.73 Å². The molecule has 0 saturated carbocycles. The summed E-state index contributed by atoms with van der Waals surface area (Å²) in [5.41, 5.74) is 9.12. The van der Waals surface area contributed by atoms with E-state index in [-0.39, 0.29) is 22.6 Å². The van der Waals surface area contributed by atoms with Gasteiger partial charge in [0.05, 0.1) is 31.0 Å². The Morgan fingerprint density at radius 1 is 1.12 bits per heavy atom. The molecule has 2 aromatic carbocycles. The third-order valence-corrected chi connectivity index (χ3v) is 12.2. The minimum absolute atomic E-state index is 0.0292. The van der Waals surface area contributed by atoms with E-state index in [9.17, 15) is 9.59 Å². The van der Waals surface area contributed by atoms with E-state index in [0.717, 1.165) is 11.3 Å².